The molecule has 3 N–H and O–H groups in total. The second kappa shape index (κ2) is 6.29. The number of hydrogen-bond acceptors (Lipinski definition) is 2. The number of benzene rings is 1. The number of carboxylic acids is 1. The van der Waals surface area contributed by atoms with Crippen molar-refractivity contribution >= 4 is 11.7 Å². The Morgan fingerprint density at radius 3 is 2.40 bits per heavy atom. The van der Waals surface area contributed by atoms with E-state index in [0.29, 0.717) is 5.69 Å². The third-order valence-corrected chi connectivity index (χ3v) is 3.87. The maximum atomic E-state index is 11.7. The molecule has 20 heavy (non-hydrogen) atoms. The second-order valence-corrected chi connectivity index (χ2v) is 6.68. The highest BCUT2D eigenvalue weighted by atomic mass is 16.4. The number of nitrogens with two attached hydrogens (primary N) is 1. The van der Waals surface area contributed by atoms with Gasteiger partial charge in [-0.2, -0.15) is 0 Å². The molecule has 0 aliphatic rings. The lowest BCUT2D eigenvalue weighted by atomic mass is 9.80. The van der Waals surface area contributed by atoms with E-state index in [4.69, 9.17) is 5.73 Å². The van der Waals surface area contributed by atoms with Gasteiger partial charge in [0.05, 0.1) is 5.92 Å². The van der Waals surface area contributed by atoms with Gasteiger partial charge >= 0.3 is 5.97 Å². The Morgan fingerprint density at radius 1 is 1.35 bits per heavy atom. The summed E-state index contributed by atoms with van der Waals surface area (Å²) in [4.78, 5) is 11.7. The lowest BCUT2D eigenvalue weighted by Crippen LogP contribution is -2.22. The molecule has 1 rings (SSSR count). The van der Waals surface area contributed by atoms with Gasteiger partial charge in [0.15, 0.2) is 0 Å². The Balaban J connectivity index is 3.29. The van der Waals surface area contributed by atoms with Crippen LogP contribution in [0.3, 0.4) is 0 Å². The Hall–Kier alpha value is -1.51. The van der Waals surface area contributed by atoms with Crippen molar-refractivity contribution in [2.45, 2.75) is 58.8 Å². The standard InChI is InChI=1S/C17H27NO2/c1-6-7-11(2)15(16(19)20)13-10-12(17(3,4)5)8-9-14(13)18/h8-11,15H,6-7,18H2,1-5H3,(H,19,20). The number of carboxylic acid groups (broad SMARTS) is 1. The van der Waals surface area contributed by atoms with Gasteiger partial charge in [-0.1, -0.05) is 53.2 Å². The third kappa shape index (κ3) is 3.75. The summed E-state index contributed by atoms with van der Waals surface area (Å²) in [6, 6.07) is 5.80. The highest BCUT2D eigenvalue weighted by molar-refractivity contribution is 5.79. The molecule has 0 saturated heterocycles. The topological polar surface area (TPSA) is 63.3 Å². The Morgan fingerprint density at radius 2 is 1.95 bits per heavy atom. The largest absolute Gasteiger partial charge is 0.481 e. The van der Waals surface area contributed by atoms with Gasteiger partial charge in [0, 0.05) is 5.69 Å². The molecule has 3 heteroatoms. The molecule has 0 aromatic heterocycles. The number of hydrogen-bond donors (Lipinski definition) is 2. The molecule has 2 atom stereocenters. The molecule has 0 aliphatic heterocycles. The average molecular weight is 277 g/mol. The number of anilines is 1. The zero-order valence-corrected chi connectivity index (χ0v) is 13.2. The van der Waals surface area contributed by atoms with Crippen LogP contribution in [-0.2, 0) is 10.2 Å². The van der Waals surface area contributed by atoms with E-state index in [0.717, 1.165) is 24.0 Å². The smallest absolute Gasteiger partial charge is 0.311 e. The Kier molecular flexibility index (Phi) is 5.21. The van der Waals surface area contributed by atoms with Crippen LogP contribution in [0.1, 0.15) is 64.5 Å². The van der Waals surface area contributed by atoms with Crippen LogP contribution in [0.15, 0.2) is 18.2 Å². The number of carbonyl (C=O) groups is 1. The van der Waals surface area contributed by atoms with Gasteiger partial charge in [0.25, 0.3) is 0 Å². The normalized spacial score (nSPS) is 14.8. The quantitative estimate of drug-likeness (QED) is 0.794. The van der Waals surface area contributed by atoms with E-state index in [1.165, 1.54) is 0 Å². The van der Waals surface area contributed by atoms with E-state index >= 15 is 0 Å². The molecule has 0 spiro atoms. The summed E-state index contributed by atoms with van der Waals surface area (Å²) in [6.07, 6.45) is 1.86. The maximum Gasteiger partial charge on any atom is 0.311 e. The summed E-state index contributed by atoms with van der Waals surface area (Å²) in [6.45, 7) is 10.4. The molecule has 0 heterocycles. The molecule has 112 valence electrons. The summed E-state index contributed by atoms with van der Waals surface area (Å²) in [5.74, 6) is -1.24. The van der Waals surface area contributed by atoms with Crippen molar-refractivity contribution in [3.05, 3.63) is 29.3 Å². The SMILES string of the molecule is CCCC(C)C(C(=O)O)c1cc(C(C)(C)C)ccc1N. The average Bonchev–Trinajstić information content (AvgIpc) is 2.30. The van der Waals surface area contributed by atoms with Gasteiger partial charge in [0.1, 0.15) is 0 Å². The molecule has 0 radical (unpaired) electrons. The lowest BCUT2D eigenvalue weighted by Gasteiger charge is -2.25. The number of aliphatic carboxylic acids is 1. The second-order valence-electron chi connectivity index (χ2n) is 6.68. The van der Waals surface area contributed by atoms with Crippen LogP contribution in [-0.4, -0.2) is 11.1 Å². The van der Waals surface area contributed by atoms with Gasteiger partial charge in [-0.15, -0.1) is 0 Å². The molecule has 2 unspecified atom stereocenters. The summed E-state index contributed by atoms with van der Waals surface area (Å²) >= 11 is 0. The predicted molar refractivity (Wildman–Crippen MR) is 84.0 cm³/mol. The van der Waals surface area contributed by atoms with E-state index < -0.39 is 11.9 Å². The van der Waals surface area contributed by atoms with E-state index in [9.17, 15) is 9.90 Å². The highest BCUT2D eigenvalue weighted by Crippen LogP contribution is 2.35. The van der Waals surface area contributed by atoms with Crippen molar-refractivity contribution in [2.24, 2.45) is 5.92 Å². The van der Waals surface area contributed by atoms with Gasteiger partial charge in [-0.05, 0) is 34.9 Å². The van der Waals surface area contributed by atoms with Crippen molar-refractivity contribution in [3.8, 4) is 0 Å². The first-order valence-electron chi connectivity index (χ1n) is 7.31. The van der Waals surface area contributed by atoms with Crippen molar-refractivity contribution in [3.63, 3.8) is 0 Å². The molecule has 1 aromatic carbocycles. The maximum absolute atomic E-state index is 11.7. The molecule has 3 nitrogen and oxygen atoms in total. The van der Waals surface area contributed by atoms with Gasteiger partial charge in [0.2, 0.25) is 0 Å². The van der Waals surface area contributed by atoms with Crippen LogP contribution in [0.2, 0.25) is 0 Å². The highest BCUT2D eigenvalue weighted by Gasteiger charge is 2.29. The summed E-state index contributed by atoms with van der Waals surface area (Å²) in [7, 11) is 0. The van der Waals surface area contributed by atoms with E-state index in [2.05, 4.69) is 27.7 Å². The minimum Gasteiger partial charge on any atom is -0.481 e. The minimum absolute atomic E-state index is 0.0144. The predicted octanol–water partition coefficient (Wildman–Crippen LogP) is 4.17. The Labute approximate surface area is 122 Å². The summed E-state index contributed by atoms with van der Waals surface area (Å²) in [5, 5.41) is 9.59. The van der Waals surface area contributed by atoms with Crippen LogP contribution in [0.4, 0.5) is 5.69 Å². The van der Waals surface area contributed by atoms with Crippen molar-refractivity contribution in [1.82, 2.24) is 0 Å². The van der Waals surface area contributed by atoms with Crippen molar-refractivity contribution in [1.29, 1.82) is 0 Å². The molecular weight excluding hydrogens is 250 g/mol. The van der Waals surface area contributed by atoms with Crippen LogP contribution >= 0.6 is 0 Å². The van der Waals surface area contributed by atoms with Crippen LogP contribution in [0.5, 0.6) is 0 Å². The number of rotatable bonds is 5. The minimum atomic E-state index is -0.788. The van der Waals surface area contributed by atoms with Crippen molar-refractivity contribution < 1.29 is 9.90 Å². The first-order chi connectivity index (χ1) is 9.18. The fourth-order valence-corrected chi connectivity index (χ4v) is 2.62. The molecule has 0 saturated carbocycles. The fraction of sp³-hybridized carbons (Fsp3) is 0.588. The third-order valence-electron chi connectivity index (χ3n) is 3.87. The van der Waals surface area contributed by atoms with Gasteiger partial charge in [-0.25, -0.2) is 0 Å². The monoisotopic (exact) mass is 277 g/mol. The Bertz CT molecular complexity index is 474. The van der Waals surface area contributed by atoms with E-state index in [1.807, 2.05) is 25.1 Å². The summed E-state index contributed by atoms with van der Waals surface area (Å²) in [5.41, 5.74) is 8.48. The van der Waals surface area contributed by atoms with Crippen LogP contribution < -0.4 is 5.73 Å². The molecular formula is C17H27NO2. The van der Waals surface area contributed by atoms with Crippen LogP contribution in [0.25, 0.3) is 0 Å². The first kappa shape index (κ1) is 16.5. The molecule has 0 amide bonds. The van der Waals surface area contributed by atoms with E-state index in [-0.39, 0.29) is 11.3 Å². The molecule has 0 bridgehead atoms. The van der Waals surface area contributed by atoms with E-state index in [1.54, 1.807) is 0 Å². The number of nitrogen functional groups attached to an aromatic ring is 1. The van der Waals surface area contributed by atoms with Gasteiger partial charge < -0.3 is 10.8 Å². The fourth-order valence-electron chi connectivity index (χ4n) is 2.62. The lowest BCUT2D eigenvalue weighted by molar-refractivity contribution is -0.140. The molecule has 0 aliphatic carbocycles. The summed E-state index contributed by atoms with van der Waals surface area (Å²) < 4.78 is 0. The zero-order chi connectivity index (χ0) is 15.5. The molecule has 1 aromatic rings. The zero-order valence-electron chi connectivity index (χ0n) is 13.2. The molecule has 0 fully saturated rings. The van der Waals surface area contributed by atoms with Crippen molar-refractivity contribution in [2.75, 3.05) is 5.73 Å². The van der Waals surface area contributed by atoms with Crippen LogP contribution in [0, 0.1) is 5.92 Å². The first-order valence-corrected chi connectivity index (χ1v) is 7.31. The van der Waals surface area contributed by atoms with Gasteiger partial charge in [-0.3, -0.25) is 4.79 Å².